The highest BCUT2D eigenvalue weighted by Gasteiger charge is 2.51. The van der Waals surface area contributed by atoms with Crippen LogP contribution in [0.4, 0.5) is 0 Å². The molecule has 2 aliphatic rings. The standard InChI is InChI=1S/C17H24N2O2.ClH/c1-2-21-17(13-6-3-5-12(9-13)16(18)20)14-7-4-8-15(17)11-19-10-14;/h3,5-6,9,14-15,19H,2,4,7-8,10-11H2,1H3,(H2,18,20);1H/t14-,15+,17+;. The number of benzene rings is 1. The van der Waals surface area contributed by atoms with Gasteiger partial charge in [-0.2, -0.15) is 0 Å². The van der Waals surface area contributed by atoms with Gasteiger partial charge < -0.3 is 15.8 Å². The highest BCUT2D eigenvalue weighted by Crippen LogP contribution is 2.50. The minimum absolute atomic E-state index is 0. The van der Waals surface area contributed by atoms with Crippen LogP contribution in [0.3, 0.4) is 0 Å². The fourth-order valence-corrected chi connectivity index (χ4v) is 4.26. The summed E-state index contributed by atoms with van der Waals surface area (Å²) in [6, 6.07) is 7.74. The second-order valence-corrected chi connectivity index (χ2v) is 6.15. The van der Waals surface area contributed by atoms with Crippen LogP contribution in [0.1, 0.15) is 42.1 Å². The Hall–Kier alpha value is -1.10. The summed E-state index contributed by atoms with van der Waals surface area (Å²) in [6.07, 6.45) is 3.61. The van der Waals surface area contributed by atoms with E-state index in [1.165, 1.54) is 19.3 Å². The Morgan fingerprint density at radius 1 is 1.36 bits per heavy atom. The Morgan fingerprint density at radius 2 is 2.05 bits per heavy atom. The van der Waals surface area contributed by atoms with Gasteiger partial charge in [0.2, 0.25) is 5.91 Å². The fraction of sp³-hybridized carbons (Fsp3) is 0.588. The van der Waals surface area contributed by atoms with Gasteiger partial charge in [0.05, 0.1) is 0 Å². The van der Waals surface area contributed by atoms with Gasteiger partial charge in [0.1, 0.15) is 5.60 Å². The molecule has 1 aromatic rings. The maximum Gasteiger partial charge on any atom is 0.248 e. The van der Waals surface area contributed by atoms with Crippen molar-refractivity contribution in [3.05, 3.63) is 35.4 Å². The number of ether oxygens (including phenoxy) is 1. The van der Waals surface area contributed by atoms with E-state index in [0.717, 1.165) is 18.7 Å². The monoisotopic (exact) mass is 324 g/mol. The molecule has 1 aromatic carbocycles. The van der Waals surface area contributed by atoms with E-state index in [4.69, 9.17) is 10.5 Å². The molecule has 1 saturated heterocycles. The summed E-state index contributed by atoms with van der Waals surface area (Å²) < 4.78 is 6.37. The zero-order valence-electron chi connectivity index (χ0n) is 13.0. The molecule has 1 aliphatic carbocycles. The summed E-state index contributed by atoms with van der Waals surface area (Å²) >= 11 is 0. The van der Waals surface area contributed by atoms with Crippen molar-refractivity contribution in [2.45, 2.75) is 31.8 Å². The van der Waals surface area contributed by atoms with E-state index in [-0.39, 0.29) is 23.9 Å². The van der Waals surface area contributed by atoms with Crippen molar-refractivity contribution in [2.75, 3.05) is 19.7 Å². The maximum absolute atomic E-state index is 11.5. The minimum atomic E-state index is -0.373. The van der Waals surface area contributed by atoms with Crippen molar-refractivity contribution in [3.63, 3.8) is 0 Å². The van der Waals surface area contributed by atoms with Gasteiger partial charge in [-0.1, -0.05) is 18.6 Å². The lowest BCUT2D eigenvalue weighted by atomic mass is 9.62. The third-order valence-corrected chi connectivity index (χ3v) is 5.08. The molecule has 1 aliphatic heterocycles. The zero-order chi connectivity index (χ0) is 14.9. The van der Waals surface area contributed by atoms with Gasteiger partial charge in [0.15, 0.2) is 0 Å². The number of hydrogen-bond donors (Lipinski definition) is 2. The number of fused-ring (bicyclic) bond motifs is 2. The van der Waals surface area contributed by atoms with E-state index >= 15 is 0 Å². The smallest absolute Gasteiger partial charge is 0.248 e. The van der Waals surface area contributed by atoms with Crippen molar-refractivity contribution < 1.29 is 9.53 Å². The van der Waals surface area contributed by atoms with E-state index in [0.29, 0.717) is 24.0 Å². The molecule has 0 radical (unpaired) electrons. The average Bonchev–Trinajstić information content (AvgIpc) is 2.47. The third kappa shape index (κ3) is 2.75. The van der Waals surface area contributed by atoms with E-state index in [9.17, 15) is 4.79 Å². The molecule has 0 unspecified atom stereocenters. The van der Waals surface area contributed by atoms with Crippen LogP contribution in [0.2, 0.25) is 0 Å². The summed E-state index contributed by atoms with van der Waals surface area (Å²) in [4.78, 5) is 11.5. The first-order valence-electron chi connectivity index (χ1n) is 7.93. The van der Waals surface area contributed by atoms with Gasteiger partial charge in [0.25, 0.3) is 0 Å². The largest absolute Gasteiger partial charge is 0.370 e. The minimum Gasteiger partial charge on any atom is -0.370 e. The summed E-state index contributed by atoms with van der Waals surface area (Å²) in [5.41, 5.74) is 6.89. The van der Waals surface area contributed by atoms with Crippen LogP contribution in [0.25, 0.3) is 0 Å². The Morgan fingerprint density at radius 3 is 2.64 bits per heavy atom. The number of carbonyl (C=O) groups is 1. The second kappa shape index (κ2) is 6.99. The van der Waals surface area contributed by atoms with Crippen LogP contribution in [-0.2, 0) is 10.3 Å². The Balaban J connectivity index is 0.00000176. The van der Waals surface area contributed by atoms with Crippen LogP contribution < -0.4 is 11.1 Å². The van der Waals surface area contributed by atoms with Gasteiger partial charge in [0, 0.05) is 37.1 Å². The molecule has 0 spiro atoms. The molecule has 1 heterocycles. The Kier molecular flexibility index (Phi) is 5.48. The van der Waals surface area contributed by atoms with Crippen molar-refractivity contribution in [1.82, 2.24) is 5.32 Å². The molecular weight excluding hydrogens is 300 g/mol. The van der Waals surface area contributed by atoms with Crippen LogP contribution in [-0.4, -0.2) is 25.6 Å². The average molecular weight is 325 g/mol. The number of rotatable bonds is 4. The van der Waals surface area contributed by atoms with Gasteiger partial charge in [-0.3, -0.25) is 4.79 Å². The number of nitrogens with two attached hydrogens (primary N) is 1. The summed E-state index contributed by atoms with van der Waals surface area (Å²) in [7, 11) is 0. The lowest BCUT2D eigenvalue weighted by molar-refractivity contribution is -0.161. The van der Waals surface area contributed by atoms with Gasteiger partial charge in [-0.05, 0) is 37.5 Å². The van der Waals surface area contributed by atoms with Crippen LogP contribution >= 0.6 is 12.4 Å². The molecule has 22 heavy (non-hydrogen) atoms. The molecule has 2 bridgehead atoms. The first-order valence-corrected chi connectivity index (χ1v) is 7.93. The normalized spacial score (nSPS) is 30.4. The molecule has 5 heteroatoms. The molecule has 1 saturated carbocycles. The predicted octanol–water partition coefficient (Wildman–Crippen LogP) is 2.46. The second-order valence-electron chi connectivity index (χ2n) is 6.15. The number of nitrogens with one attached hydrogen (secondary N) is 1. The molecule has 3 atom stereocenters. The molecule has 1 amide bonds. The SMILES string of the molecule is CCO[C@@]1(c2cccc(C(N)=O)c2)[C@@H]2CCC[C@H]1CNC2.Cl. The van der Waals surface area contributed by atoms with Gasteiger partial charge >= 0.3 is 0 Å². The fourth-order valence-electron chi connectivity index (χ4n) is 4.26. The number of hydrogen-bond acceptors (Lipinski definition) is 3. The topological polar surface area (TPSA) is 64.3 Å². The van der Waals surface area contributed by atoms with Crippen molar-refractivity contribution in [1.29, 1.82) is 0 Å². The lowest BCUT2D eigenvalue weighted by Crippen LogP contribution is -2.58. The zero-order valence-corrected chi connectivity index (χ0v) is 13.8. The summed E-state index contributed by atoms with van der Waals surface area (Å²) in [6.45, 7) is 4.71. The molecule has 2 fully saturated rings. The number of primary amides is 1. The van der Waals surface area contributed by atoms with Crippen molar-refractivity contribution in [2.24, 2.45) is 17.6 Å². The van der Waals surface area contributed by atoms with Crippen molar-refractivity contribution in [3.8, 4) is 0 Å². The Labute approximate surface area is 138 Å². The number of carbonyl (C=O) groups excluding carboxylic acids is 1. The lowest BCUT2D eigenvalue weighted by Gasteiger charge is -2.53. The number of halogens is 1. The predicted molar refractivity (Wildman–Crippen MR) is 89.2 cm³/mol. The van der Waals surface area contributed by atoms with Crippen LogP contribution in [0.5, 0.6) is 0 Å². The van der Waals surface area contributed by atoms with E-state index < -0.39 is 0 Å². The van der Waals surface area contributed by atoms with Crippen LogP contribution in [0, 0.1) is 11.8 Å². The van der Waals surface area contributed by atoms with Crippen molar-refractivity contribution >= 4 is 18.3 Å². The molecular formula is C17H25ClN2O2. The first kappa shape index (κ1) is 17.3. The van der Waals surface area contributed by atoms with E-state index in [1.807, 2.05) is 12.1 Å². The molecule has 3 rings (SSSR count). The molecule has 0 aromatic heterocycles. The highest BCUT2D eigenvalue weighted by atomic mass is 35.5. The molecule has 122 valence electrons. The Bertz CT molecular complexity index is 513. The summed E-state index contributed by atoms with van der Waals surface area (Å²) in [5.74, 6) is 0.559. The number of piperidine rings is 1. The molecule has 3 N–H and O–H groups in total. The van der Waals surface area contributed by atoms with E-state index in [2.05, 4.69) is 18.3 Å². The number of amides is 1. The quantitative estimate of drug-likeness (QED) is 0.894. The first-order chi connectivity index (χ1) is 10.2. The maximum atomic E-state index is 11.5. The van der Waals surface area contributed by atoms with Crippen LogP contribution in [0.15, 0.2) is 24.3 Å². The third-order valence-electron chi connectivity index (χ3n) is 5.08. The van der Waals surface area contributed by atoms with Gasteiger partial charge in [-0.15, -0.1) is 12.4 Å². The molecule has 4 nitrogen and oxygen atoms in total. The highest BCUT2D eigenvalue weighted by molar-refractivity contribution is 5.92. The van der Waals surface area contributed by atoms with Gasteiger partial charge in [-0.25, -0.2) is 0 Å². The van der Waals surface area contributed by atoms with E-state index in [1.54, 1.807) is 6.07 Å². The summed E-state index contributed by atoms with van der Waals surface area (Å²) in [5, 5.41) is 3.54.